The summed E-state index contributed by atoms with van der Waals surface area (Å²) >= 11 is 1.30. The van der Waals surface area contributed by atoms with Crippen LogP contribution in [0.15, 0.2) is 30.3 Å². The fourth-order valence-corrected chi connectivity index (χ4v) is 9.28. The van der Waals surface area contributed by atoms with E-state index in [1.165, 1.54) is 43.3 Å². The Bertz CT molecular complexity index is 1730. The molecule has 7 rings (SSSR count). The molecule has 282 valence electrons. The second-order valence-corrected chi connectivity index (χ2v) is 15.5. The summed E-state index contributed by atoms with van der Waals surface area (Å²) in [7, 11) is 1.57. The number of likely N-dealkylation sites (tertiary alicyclic amines) is 1. The summed E-state index contributed by atoms with van der Waals surface area (Å²) in [5.74, 6) is 6.05. The molecule has 4 aliphatic rings. The number of rotatable bonds is 11. The van der Waals surface area contributed by atoms with Gasteiger partial charge < -0.3 is 34.5 Å². The first-order valence-electron chi connectivity index (χ1n) is 18.4. The first-order valence-corrected chi connectivity index (χ1v) is 19.2. The maximum Gasteiger partial charge on any atom is 0.393 e. The van der Waals surface area contributed by atoms with Gasteiger partial charge in [0.1, 0.15) is 18.2 Å². The predicted molar refractivity (Wildman–Crippen MR) is 197 cm³/mol. The summed E-state index contributed by atoms with van der Waals surface area (Å²) in [6.45, 7) is 6.97. The van der Waals surface area contributed by atoms with Gasteiger partial charge in [-0.3, -0.25) is 4.90 Å². The molecule has 8 nitrogen and oxygen atoms in total. The van der Waals surface area contributed by atoms with Gasteiger partial charge in [-0.25, -0.2) is 4.39 Å². The highest BCUT2D eigenvalue weighted by molar-refractivity contribution is 7.20. The highest BCUT2D eigenvalue weighted by atomic mass is 32.1. The number of fused-ring (bicyclic) bond motifs is 1. The van der Waals surface area contributed by atoms with Crippen molar-refractivity contribution in [3.63, 3.8) is 0 Å². The molecule has 3 saturated heterocycles. The third kappa shape index (κ3) is 8.74. The number of methoxy groups -OCH3 is 1. The average Bonchev–Trinajstić information content (AvgIpc) is 3.47. The Balaban J connectivity index is 1.04. The van der Waals surface area contributed by atoms with Gasteiger partial charge in [0.25, 0.3) is 0 Å². The minimum absolute atomic E-state index is 0.0803. The Kier molecular flexibility index (Phi) is 11.7. The average molecular weight is 745 g/mol. The summed E-state index contributed by atoms with van der Waals surface area (Å²) in [6.07, 6.45) is 1.17. The van der Waals surface area contributed by atoms with Crippen molar-refractivity contribution in [1.29, 1.82) is 0 Å². The topological polar surface area (TPSA) is 67.5 Å². The van der Waals surface area contributed by atoms with Crippen LogP contribution in [0.5, 0.6) is 5.75 Å². The lowest BCUT2D eigenvalue weighted by atomic mass is 9.71. The lowest BCUT2D eigenvalue weighted by molar-refractivity contribution is -0.126. The molecule has 1 aliphatic carbocycles. The molecular weight excluding hydrogens is 697 g/mol. The van der Waals surface area contributed by atoms with Crippen LogP contribution >= 0.6 is 11.3 Å². The van der Waals surface area contributed by atoms with Crippen LogP contribution in [0.2, 0.25) is 0 Å². The van der Waals surface area contributed by atoms with E-state index < -0.39 is 18.4 Å². The first-order chi connectivity index (χ1) is 25.2. The van der Waals surface area contributed by atoms with Gasteiger partial charge in [0, 0.05) is 76.1 Å². The second kappa shape index (κ2) is 16.4. The van der Waals surface area contributed by atoms with Gasteiger partial charge in [-0.2, -0.15) is 13.2 Å². The van der Waals surface area contributed by atoms with Crippen LogP contribution < -0.4 is 20.3 Å². The van der Waals surface area contributed by atoms with Gasteiger partial charge in [0.05, 0.1) is 59.4 Å². The summed E-state index contributed by atoms with van der Waals surface area (Å²) in [5, 5.41) is 7.40. The van der Waals surface area contributed by atoms with Crippen LogP contribution in [0.1, 0.15) is 49.0 Å². The van der Waals surface area contributed by atoms with Crippen molar-refractivity contribution < 1.29 is 36.5 Å². The molecule has 2 aromatic carbocycles. The molecule has 1 spiro atoms. The first kappa shape index (κ1) is 37.1. The Morgan fingerprint density at radius 2 is 1.73 bits per heavy atom. The number of benzene rings is 2. The quantitative estimate of drug-likeness (QED) is 0.121. The van der Waals surface area contributed by atoms with Crippen molar-refractivity contribution in [3.05, 3.63) is 46.6 Å². The molecule has 3 aliphatic heterocycles. The van der Waals surface area contributed by atoms with Crippen LogP contribution in [-0.2, 0) is 20.6 Å². The maximum absolute atomic E-state index is 15.3. The molecule has 0 unspecified atom stereocenters. The number of nitrogens with zero attached hydrogens (tertiary/aromatic N) is 2. The predicted octanol–water partition coefficient (Wildman–Crippen LogP) is 7.31. The molecule has 13 heteroatoms. The molecule has 0 radical (unpaired) electrons. The van der Waals surface area contributed by atoms with E-state index in [-0.39, 0.29) is 24.8 Å². The molecule has 4 fully saturated rings. The minimum atomic E-state index is -4.39. The van der Waals surface area contributed by atoms with Gasteiger partial charge in [0.15, 0.2) is 0 Å². The molecular formula is C39H48F4N4O4S. The molecule has 2 N–H and O–H groups in total. The van der Waals surface area contributed by atoms with Crippen molar-refractivity contribution in [2.75, 3.05) is 95.0 Å². The van der Waals surface area contributed by atoms with E-state index in [0.717, 1.165) is 49.3 Å². The largest absolute Gasteiger partial charge is 0.489 e. The number of thiophene rings is 1. The van der Waals surface area contributed by atoms with Crippen LogP contribution in [0.4, 0.5) is 34.6 Å². The summed E-state index contributed by atoms with van der Waals surface area (Å²) in [4.78, 5) is 4.95. The van der Waals surface area contributed by atoms with Crippen LogP contribution in [0.3, 0.4) is 0 Å². The standard InChI is InChI=1S/C39H48F4N4O4S/c1-48-20-21-51-35-23-34(46-14-18-50-19-15-46)31(40)22-33(35)44-13-3-6-36-30(24-39(41,42)43)29-4-2-5-32(37(29)52-36)45-27-7-9-28(10-8-27)47-25-38(26-47)11-16-49-17-12-38/h2,4-5,22-23,27-28,44-45H,7-21,24-26H2,1H3. The zero-order chi connectivity index (χ0) is 36.1. The zero-order valence-corrected chi connectivity index (χ0v) is 30.5. The normalized spacial score (nSPS) is 22.1. The van der Waals surface area contributed by atoms with Crippen molar-refractivity contribution >= 4 is 38.5 Å². The Morgan fingerprint density at radius 3 is 2.46 bits per heavy atom. The molecule has 1 saturated carbocycles. The number of nitrogens with one attached hydrogen (secondary N) is 2. The molecule has 4 heterocycles. The third-order valence-corrected chi connectivity index (χ3v) is 12.1. The van der Waals surface area contributed by atoms with E-state index in [4.69, 9.17) is 18.9 Å². The number of halogens is 4. The SMILES string of the molecule is COCCOc1cc(N2CCOCC2)c(F)cc1NCC#Cc1sc2c(NC3CCC(N4CC5(CCOCC5)C4)CC3)cccc2c1CC(F)(F)F. The monoisotopic (exact) mass is 744 g/mol. The molecule has 3 aromatic rings. The summed E-state index contributed by atoms with van der Waals surface area (Å²) in [5.41, 5.74) is 2.34. The van der Waals surface area contributed by atoms with Crippen molar-refractivity contribution in [3.8, 4) is 17.6 Å². The van der Waals surface area contributed by atoms with Gasteiger partial charge in [-0.15, -0.1) is 11.3 Å². The number of ether oxygens (including phenoxy) is 4. The smallest absolute Gasteiger partial charge is 0.393 e. The highest BCUT2D eigenvalue weighted by Gasteiger charge is 2.46. The highest BCUT2D eigenvalue weighted by Crippen LogP contribution is 2.44. The van der Waals surface area contributed by atoms with E-state index >= 15 is 4.39 Å². The third-order valence-electron chi connectivity index (χ3n) is 10.9. The van der Waals surface area contributed by atoms with E-state index in [1.54, 1.807) is 19.2 Å². The molecule has 0 bridgehead atoms. The van der Waals surface area contributed by atoms with E-state index in [0.29, 0.717) is 71.8 Å². The molecule has 0 atom stereocenters. The number of anilines is 3. The molecule has 1 aromatic heterocycles. The van der Waals surface area contributed by atoms with E-state index in [1.807, 2.05) is 17.0 Å². The Labute approximate surface area is 307 Å². The summed E-state index contributed by atoms with van der Waals surface area (Å²) < 4.78 is 79.8. The number of hydrogen-bond donors (Lipinski definition) is 2. The van der Waals surface area contributed by atoms with Crippen molar-refractivity contribution in [2.24, 2.45) is 5.41 Å². The van der Waals surface area contributed by atoms with Gasteiger partial charge in [0.2, 0.25) is 0 Å². The van der Waals surface area contributed by atoms with Crippen molar-refractivity contribution in [1.82, 2.24) is 4.90 Å². The van der Waals surface area contributed by atoms with Gasteiger partial charge >= 0.3 is 6.18 Å². The van der Waals surface area contributed by atoms with Crippen LogP contribution in [0, 0.1) is 23.1 Å². The summed E-state index contributed by atoms with van der Waals surface area (Å²) in [6, 6.07) is 9.46. The van der Waals surface area contributed by atoms with Gasteiger partial charge in [-0.05, 0) is 55.5 Å². The Morgan fingerprint density at radius 1 is 0.981 bits per heavy atom. The van der Waals surface area contributed by atoms with Crippen LogP contribution in [-0.4, -0.2) is 103 Å². The lowest BCUT2D eigenvalue weighted by Gasteiger charge is -2.56. The lowest BCUT2D eigenvalue weighted by Crippen LogP contribution is -2.62. The van der Waals surface area contributed by atoms with Crippen molar-refractivity contribution in [2.45, 2.75) is 63.2 Å². The molecule has 52 heavy (non-hydrogen) atoms. The minimum Gasteiger partial charge on any atom is -0.489 e. The Hall–Kier alpha value is -3.28. The number of morpholine rings is 1. The zero-order valence-electron chi connectivity index (χ0n) is 29.7. The van der Waals surface area contributed by atoms with Gasteiger partial charge in [-0.1, -0.05) is 24.0 Å². The number of hydrogen-bond acceptors (Lipinski definition) is 9. The van der Waals surface area contributed by atoms with Crippen LogP contribution in [0.25, 0.3) is 10.1 Å². The fraction of sp³-hybridized carbons (Fsp3) is 0.590. The van der Waals surface area contributed by atoms with E-state index in [9.17, 15) is 13.2 Å². The number of alkyl halides is 3. The second-order valence-electron chi connectivity index (χ2n) is 14.4. The fourth-order valence-electron chi connectivity index (χ4n) is 8.11. The van der Waals surface area contributed by atoms with E-state index in [2.05, 4.69) is 27.4 Å². The maximum atomic E-state index is 15.3. The molecule has 0 amide bonds.